The molecule has 2 rings (SSSR count). The first-order valence-electron chi connectivity index (χ1n) is 8.27. The standard InChI is InChI=1S/C19H22F4N4.HI/c1-24-18(25-11-13-5-4-6-16(9-13)27(2)3)26-12-14-7-8-15(20)10-17(14)19(21,22)23;/h4-10H,11-12H2,1-3H3,(H2,24,25,26);1H. The van der Waals surface area contributed by atoms with Crippen molar-refractivity contribution in [3.05, 3.63) is 65.0 Å². The fraction of sp³-hybridized carbons (Fsp3) is 0.316. The fourth-order valence-corrected chi connectivity index (χ4v) is 2.50. The second kappa shape index (κ2) is 10.5. The molecule has 0 radical (unpaired) electrons. The summed E-state index contributed by atoms with van der Waals surface area (Å²) in [6.07, 6.45) is -4.62. The van der Waals surface area contributed by atoms with Crippen LogP contribution in [-0.4, -0.2) is 27.1 Å². The lowest BCUT2D eigenvalue weighted by Crippen LogP contribution is -2.36. The molecule has 0 heterocycles. The molecule has 9 heteroatoms. The number of nitrogens with zero attached hydrogens (tertiary/aromatic N) is 2. The van der Waals surface area contributed by atoms with E-state index in [1.807, 2.05) is 43.3 Å². The van der Waals surface area contributed by atoms with Crippen molar-refractivity contribution in [1.29, 1.82) is 0 Å². The van der Waals surface area contributed by atoms with Gasteiger partial charge in [0.15, 0.2) is 5.96 Å². The van der Waals surface area contributed by atoms with Crippen molar-refractivity contribution in [3.8, 4) is 0 Å². The predicted molar refractivity (Wildman–Crippen MR) is 115 cm³/mol. The summed E-state index contributed by atoms with van der Waals surface area (Å²) in [6, 6.07) is 10.5. The first kappa shape index (κ1) is 24.0. The first-order chi connectivity index (χ1) is 12.7. The van der Waals surface area contributed by atoms with Gasteiger partial charge in [0.05, 0.1) is 5.56 Å². The summed E-state index contributed by atoms with van der Waals surface area (Å²) in [5, 5.41) is 5.89. The number of benzene rings is 2. The normalized spacial score (nSPS) is 11.6. The summed E-state index contributed by atoms with van der Waals surface area (Å²) in [6.45, 7) is 0.323. The van der Waals surface area contributed by atoms with Crippen LogP contribution in [0, 0.1) is 5.82 Å². The average Bonchev–Trinajstić information content (AvgIpc) is 2.62. The lowest BCUT2D eigenvalue weighted by molar-refractivity contribution is -0.138. The Morgan fingerprint density at radius 3 is 2.32 bits per heavy atom. The molecule has 0 unspecified atom stereocenters. The number of halogens is 5. The van der Waals surface area contributed by atoms with E-state index in [2.05, 4.69) is 15.6 Å². The molecule has 0 aliphatic heterocycles. The molecule has 0 spiro atoms. The molecular weight excluding hydrogens is 487 g/mol. The number of alkyl halides is 3. The molecule has 0 bridgehead atoms. The summed E-state index contributed by atoms with van der Waals surface area (Å²) in [7, 11) is 5.41. The zero-order valence-corrected chi connectivity index (χ0v) is 18.1. The smallest absolute Gasteiger partial charge is 0.378 e. The molecule has 0 atom stereocenters. The highest BCUT2D eigenvalue weighted by atomic mass is 127. The van der Waals surface area contributed by atoms with Crippen LogP contribution < -0.4 is 15.5 Å². The molecule has 28 heavy (non-hydrogen) atoms. The van der Waals surface area contributed by atoms with Gasteiger partial charge >= 0.3 is 6.18 Å². The summed E-state index contributed by atoms with van der Waals surface area (Å²) in [5.74, 6) is -0.572. The van der Waals surface area contributed by atoms with Crippen molar-refractivity contribution in [3.63, 3.8) is 0 Å². The van der Waals surface area contributed by atoms with Crippen LogP contribution in [0.4, 0.5) is 23.2 Å². The number of hydrogen-bond donors (Lipinski definition) is 2. The molecule has 154 valence electrons. The van der Waals surface area contributed by atoms with E-state index in [9.17, 15) is 17.6 Å². The zero-order valence-electron chi connectivity index (χ0n) is 15.8. The summed E-state index contributed by atoms with van der Waals surface area (Å²) >= 11 is 0. The van der Waals surface area contributed by atoms with E-state index in [1.54, 1.807) is 0 Å². The molecule has 0 saturated heterocycles. The van der Waals surface area contributed by atoms with Crippen LogP contribution in [0.5, 0.6) is 0 Å². The van der Waals surface area contributed by atoms with Crippen molar-refractivity contribution in [2.45, 2.75) is 19.3 Å². The molecule has 0 aliphatic rings. The molecule has 0 fully saturated rings. The Morgan fingerprint density at radius 1 is 1.04 bits per heavy atom. The largest absolute Gasteiger partial charge is 0.416 e. The van der Waals surface area contributed by atoms with Gasteiger partial charge in [-0.2, -0.15) is 13.2 Å². The van der Waals surface area contributed by atoms with Gasteiger partial charge in [0.2, 0.25) is 0 Å². The Hall–Kier alpha value is -2.04. The average molecular weight is 510 g/mol. The van der Waals surface area contributed by atoms with E-state index >= 15 is 0 Å². The van der Waals surface area contributed by atoms with Gasteiger partial charge in [-0.3, -0.25) is 4.99 Å². The molecule has 0 amide bonds. The molecule has 2 aromatic carbocycles. The highest BCUT2D eigenvalue weighted by molar-refractivity contribution is 14.0. The van der Waals surface area contributed by atoms with Crippen LogP contribution in [0.3, 0.4) is 0 Å². The minimum Gasteiger partial charge on any atom is -0.378 e. The number of aliphatic imine (C=N–C) groups is 1. The maximum absolute atomic E-state index is 13.2. The van der Waals surface area contributed by atoms with Crippen LogP contribution in [-0.2, 0) is 19.3 Å². The fourth-order valence-electron chi connectivity index (χ4n) is 2.50. The first-order valence-corrected chi connectivity index (χ1v) is 8.27. The monoisotopic (exact) mass is 510 g/mol. The summed E-state index contributed by atoms with van der Waals surface area (Å²) < 4.78 is 52.4. The van der Waals surface area contributed by atoms with Gasteiger partial charge < -0.3 is 15.5 Å². The van der Waals surface area contributed by atoms with Gasteiger partial charge in [-0.15, -0.1) is 24.0 Å². The second-order valence-electron chi connectivity index (χ2n) is 6.14. The molecule has 0 saturated carbocycles. The third-order valence-corrected chi connectivity index (χ3v) is 3.93. The highest BCUT2D eigenvalue weighted by Gasteiger charge is 2.33. The van der Waals surface area contributed by atoms with Crippen molar-refractivity contribution >= 4 is 35.6 Å². The predicted octanol–water partition coefficient (Wildman–Crippen LogP) is 4.39. The lowest BCUT2D eigenvalue weighted by Gasteiger charge is -2.17. The molecule has 0 aliphatic carbocycles. The van der Waals surface area contributed by atoms with Gasteiger partial charge in [-0.05, 0) is 35.4 Å². The third-order valence-electron chi connectivity index (χ3n) is 3.93. The number of guanidine groups is 1. The van der Waals surface area contributed by atoms with Gasteiger partial charge in [-0.25, -0.2) is 4.39 Å². The molecule has 2 aromatic rings. The minimum atomic E-state index is -4.62. The van der Waals surface area contributed by atoms with Crippen molar-refractivity contribution < 1.29 is 17.6 Å². The number of nitrogens with one attached hydrogen (secondary N) is 2. The number of rotatable bonds is 5. The van der Waals surface area contributed by atoms with Gasteiger partial charge in [0, 0.05) is 39.9 Å². The van der Waals surface area contributed by atoms with Gasteiger partial charge in [0.25, 0.3) is 0 Å². The van der Waals surface area contributed by atoms with E-state index in [1.165, 1.54) is 7.05 Å². The van der Waals surface area contributed by atoms with Gasteiger partial charge in [0.1, 0.15) is 5.82 Å². The maximum atomic E-state index is 13.2. The molecule has 0 aromatic heterocycles. The lowest BCUT2D eigenvalue weighted by atomic mass is 10.1. The summed E-state index contributed by atoms with van der Waals surface area (Å²) in [5.41, 5.74) is 0.992. The van der Waals surface area contributed by atoms with Crippen LogP contribution in [0.1, 0.15) is 16.7 Å². The van der Waals surface area contributed by atoms with E-state index in [4.69, 9.17) is 0 Å². The Morgan fingerprint density at radius 2 is 1.71 bits per heavy atom. The van der Waals surface area contributed by atoms with Gasteiger partial charge in [-0.1, -0.05) is 18.2 Å². The maximum Gasteiger partial charge on any atom is 0.416 e. The van der Waals surface area contributed by atoms with Crippen molar-refractivity contribution in [1.82, 2.24) is 10.6 Å². The Bertz CT molecular complexity index is 807. The molecule has 2 N–H and O–H groups in total. The van der Waals surface area contributed by atoms with Crippen LogP contribution in [0.15, 0.2) is 47.5 Å². The molecule has 4 nitrogen and oxygen atoms in total. The number of anilines is 1. The van der Waals surface area contributed by atoms with E-state index in [0.717, 1.165) is 23.4 Å². The van der Waals surface area contributed by atoms with Crippen LogP contribution in [0.2, 0.25) is 0 Å². The highest BCUT2D eigenvalue weighted by Crippen LogP contribution is 2.32. The second-order valence-corrected chi connectivity index (χ2v) is 6.14. The Balaban J connectivity index is 0.00000392. The Kier molecular flexibility index (Phi) is 8.99. The quantitative estimate of drug-likeness (QED) is 0.271. The van der Waals surface area contributed by atoms with E-state index < -0.39 is 17.6 Å². The van der Waals surface area contributed by atoms with E-state index in [0.29, 0.717) is 18.6 Å². The Labute approximate surface area is 179 Å². The van der Waals surface area contributed by atoms with Crippen LogP contribution in [0.25, 0.3) is 0 Å². The summed E-state index contributed by atoms with van der Waals surface area (Å²) in [4.78, 5) is 5.99. The zero-order chi connectivity index (χ0) is 20.0. The SMILES string of the molecule is CN=C(NCc1cccc(N(C)C)c1)NCc1ccc(F)cc1C(F)(F)F.I. The number of hydrogen-bond acceptors (Lipinski definition) is 2. The topological polar surface area (TPSA) is 39.7 Å². The van der Waals surface area contributed by atoms with E-state index in [-0.39, 0.29) is 36.1 Å². The van der Waals surface area contributed by atoms with Crippen molar-refractivity contribution in [2.75, 3.05) is 26.0 Å². The minimum absolute atomic E-state index is 0. The van der Waals surface area contributed by atoms with Crippen molar-refractivity contribution in [2.24, 2.45) is 4.99 Å². The van der Waals surface area contributed by atoms with Crippen LogP contribution >= 0.6 is 24.0 Å². The molecular formula is C19H23F4IN4. The third kappa shape index (κ3) is 6.84.